The minimum Gasteiger partial charge on any atom is -0.368 e. The highest BCUT2D eigenvalue weighted by atomic mass is 35.5. The van der Waals surface area contributed by atoms with Crippen LogP contribution in [0.25, 0.3) is 0 Å². The zero-order valence-corrected chi connectivity index (χ0v) is 20.5. The van der Waals surface area contributed by atoms with Crippen LogP contribution in [0.2, 0.25) is 5.02 Å². The van der Waals surface area contributed by atoms with E-state index < -0.39 is 50.8 Å². The maximum Gasteiger partial charge on any atom is 0.273 e. The number of piperidine rings is 1. The van der Waals surface area contributed by atoms with Gasteiger partial charge in [-0.05, 0) is 67.3 Å². The largest absolute Gasteiger partial charge is 0.368 e. The first-order valence-electron chi connectivity index (χ1n) is 11.5. The molecule has 4 atom stereocenters. The summed E-state index contributed by atoms with van der Waals surface area (Å²) in [5.74, 6) is -3.64. The molecule has 7 nitrogen and oxygen atoms in total. The van der Waals surface area contributed by atoms with Gasteiger partial charge in [-0.15, -0.1) is 0 Å². The first kappa shape index (κ1) is 24.1. The van der Waals surface area contributed by atoms with Crippen molar-refractivity contribution in [1.82, 2.24) is 9.88 Å². The van der Waals surface area contributed by atoms with Crippen molar-refractivity contribution in [2.24, 2.45) is 17.6 Å². The van der Waals surface area contributed by atoms with E-state index in [0.717, 1.165) is 25.0 Å². The number of sulfone groups is 1. The molecule has 3 aliphatic rings. The maximum atomic E-state index is 15.1. The van der Waals surface area contributed by atoms with Crippen molar-refractivity contribution in [1.29, 1.82) is 0 Å². The van der Waals surface area contributed by atoms with Crippen molar-refractivity contribution in [2.75, 3.05) is 5.75 Å². The van der Waals surface area contributed by atoms with Crippen LogP contribution in [-0.4, -0.2) is 47.4 Å². The molecule has 0 radical (unpaired) electrons. The number of rotatable bonds is 7. The van der Waals surface area contributed by atoms with Gasteiger partial charge < -0.3 is 10.6 Å². The van der Waals surface area contributed by atoms with Crippen molar-refractivity contribution >= 4 is 33.3 Å². The lowest BCUT2D eigenvalue weighted by atomic mass is 9.83. The molecule has 2 aromatic rings. The molecule has 35 heavy (non-hydrogen) atoms. The number of amides is 2. The van der Waals surface area contributed by atoms with E-state index in [1.54, 1.807) is 0 Å². The van der Waals surface area contributed by atoms with Crippen molar-refractivity contribution in [3.8, 4) is 0 Å². The molecule has 1 aliphatic heterocycles. The summed E-state index contributed by atoms with van der Waals surface area (Å²) in [5.41, 5.74) is 4.70. The highest BCUT2D eigenvalue weighted by Gasteiger charge is 2.73. The van der Waals surface area contributed by atoms with Gasteiger partial charge in [0, 0.05) is 12.1 Å². The molecule has 1 saturated heterocycles. The zero-order chi connectivity index (χ0) is 25.3. The summed E-state index contributed by atoms with van der Waals surface area (Å²) in [4.78, 5) is 31.6. The fraction of sp³-hybridized carbons (Fsp3) is 0.458. The lowest BCUT2D eigenvalue weighted by Gasteiger charge is -2.38. The van der Waals surface area contributed by atoms with Crippen LogP contribution in [0.1, 0.15) is 54.6 Å². The summed E-state index contributed by atoms with van der Waals surface area (Å²) >= 11 is 5.78. The zero-order valence-electron chi connectivity index (χ0n) is 18.9. The fourth-order valence-corrected chi connectivity index (χ4v) is 6.88. The lowest BCUT2D eigenvalue weighted by molar-refractivity contribution is -0.122. The van der Waals surface area contributed by atoms with Gasteiger partial charge in [0.25, 0.3) is 5.91 Å². The third-order valence-electron chi connectivity index (χ3n) is 7.63. The Morgan fingerprint density at radius 2 is 1.97 bits per heavy atom. The van der Waals surface area contributed by atoms with Crippen LogP contribution >= 0.6 is 11.6 Å². The Morgan fingerprint density at radius 1 is 1.26 bits per heavy atom. The number of primary amides is 1. The van der Waals surface area contributed by atoms with Gasteiger partial charge in [-0.1, -0.05) is 18.5 Å². The van der Waals surface area contributed by atoms with E-state index in [0.29, 0.717) is 12.8 Å². The van der Waals surface area contributed by atoms with Gasteiger partial charge in [0.1, 0.15) is 23.4 Å². The summed E-state index contributed by atoms with van der Waals surface area (Å²) in [6.07, 6.45) is 3.58. The van der Waals surface area contributed by atoms with Gasteiger partial charge in [0.15, 0.2) is 9.84 Å². The average Bonchev–Trinajstić information content (AvgIpc) is 3.75. The van der Waals surface area contributed by atoms with Crippen LogP contribution in [0.5, 0.6) is 0 Å². The third kappa shape index (κ3) is 3.81. The Morgan fingerprint density at radius 3 is 2.60 bits per heavy atom. The number of hydrogen-bond acceptors (Lipinski definition) is 5. The number of nitrogens with two attached hydrogens (primary N) is 1. The standard InChI is InChI=1S/C24H24ClF2N3O4S/c1-2-35(33,34)14-5-6-29-19(8-14)23(32)30-20(22(28)31)7-13-11-24(13,30)21(12-3-4-12)15-9-18(27)16(25)10-17(15)26/h5-6,8-10,12-13,20-21H,2-4,7,11H2,1H3,(H2,28,31)/t13?,20?,21-,24?/m1/s1. The monoisotopic (exact) mass is 523 g/mol. The van der Waals surface area contributed by atoms with Gasteiger partial charge in [0.2, 0.25) is 5.91 Å². The summed E-state index contributed by atoms with van der Waals surface area (Å²) in [6.45, 7) is 1.49. The third-order valence-corrected chi connectivity index (χ3v) is 9.65. The van der Waals surface area contributed by atoms with Crippen LogP contribution in [-0.2, 0) is 14.6 Å². The fourth-order valence-electron chi connectivity index (χ4n) is 5.84. The van der Waals surface area contributed by atoms with Crippen molar-refractivity contribution < 1.29 is 26.8 Å². The number of carbonyl (C=O) groups is 2. The minimum atomic E-state index is -3.61. The van der Waals surface area contributed by atoms with E-state index in [4.69, 9.17) is 17.3 Å². The van der Waals surface area contributed by atoms with Gasteiger partial charge in [-0.2, -0.15) is 0 Å². The molecular formula is C24H24ClF2N3O4S. The summed E-state index contributed by atoms with van der Waals surface area (Å²) in [6, 6.07) is 3.55. The normalized spacial score (nSPS) is 26.3. The van der Waals surface area contributed by atoms with Crippen LogP contribution in [0.4, 0.5) is 8.78 Å². The molecule has 1 aromatic heterocycles. The predicted octanol–water partition coefficient (Wildman–Crippen LogP) is 3.46. The number of carbonyl (C=O) groups excluding carboxylic acids is 2. The maximum absolute atomic E-state index is 15.1. The SMILES string of the molecule is CCS(=O)(=O)c1ccnc(C(=O)N2C(C(N)=O)CC3CC32[C@@H](c2cc(F)c(Cl)cc2F)C2CC2)c1. The Hall–Kier alpha value is -2.59. The molecule has 5 rings (SSSR count). The Kier molecular flexibility index (Phi) is 5.67. The quantitative estimate of drug-likeness (QED) is 0.559. The molecule has 3 fully saturated rings. The first-order chi connectivity index (χ1) is 16.5. The molecule has 2 aliphatic carbocycles. The van der Waals surface area contributed by atoms with Crippen LogP contribution < -0.4 is 5.73 Å². The molecule has 2 saturated carbocycles. The number of benzene rings is 1. The second kappa shape index (κ2) is 8.23. The number of halogens is 3. The van der Waals surface area contributed by atoms with Gasteiger partial charge in [-0.25, -0.2) is 17.2 Å². The van der Waals surface area contributed by atoms with Gasteiger partial charge >= 0.3 is 0 Å². The van der Waals surface area contributed by atoms with Gasteiger partial charge in [0.05, 0.1) is 21.2 Å². The van der Waals surface area contributed by atoms with E-state index in [2.05, 4.69) is 4.98 Å². The van der Waals surface area contributed by atoms with E-state index >= 15 is 4.39 Å². The Bertz CT molecular complexity index is 1350. The van der Waals surface area contributed by atoms with Crippen LogP contribution in [0.3, 0.4) is 0 Å². The molecule has 186 valence electrons. The molecule has 2 N–H and O–H groups in total. The van der Waals surface area contributed by atoms with Crippen molar-refractivity contribution in [2.45, 2.75) is 55.0 Å². The highest BCUT2D eigenvalue weighted by Crippen LogP contribution is 2.69. The number of hydrogen-bond donors (Lipinski definition) is 1. The Balaban J connectivity index is 1.62. The number of fused-ring (bicyclic) bond motifs is 1. The molecule has 0 bridgehead atoms. The molecule has 11 heteroatoms. The molecular weight excluding hydrogens is 500 g/mol. The van der Waals surface area contributed by atoms with Crippen LogP contribution in [0, 0.1) is 23.5 Å². The van der Waals surface area contributed by atoms with Gasteiger partial charge in [-0.3, -0.25) is 14.6 Å². The van der Waals surface area contributed by atoms with E-state index in [-0.39, 0.29) is 38.8 Å². The summed E-state index contributed by atoms with van der Waals surface area (Å²) in [7, 11) is -3.61. The number of nitrogens with zero attached hydrogens (tertiary/aromatic N) is 2. The second-order valence-corrected chi connectivity index (χ2v) is 12.3. The Labute approximate surface area is 206 Å². The molecule has 1 aromatic carbocycles. The second-order valence-electron chi connectivity index (χ2n) is 9.60. The lowest BCUT2D eigenvalue weighted by Crippen LogP contribution is -2.53. The van der Waals surface area contributed by atoms with E-state index in [9.17, 15) is 22.4 Å². The number of aromatic nitrogens is 1. The molecule has 0 spiro atoms. The average molecular weight is 524 g/mol. The molecule has 2 amide bonds. The molecule has 3 unspecified atom stereocenters. The highest BCUT2D eigenvalue weighted by molar-refractivity contribution is 7.91. The first-order valence-corrected chi connectivity index (χ1v) is 13.5. The van der Waals surface area contributed by atoms with E-state index in [1.165, 1.54) is 30.2 Å². The van der Waals surface area contributed by atoms with E-state index in [1.807, 2.05) is 0 Å². The topological polar surface area (TPSA) is 110 Å². The minimum absolute atomic E-state index is 0.00300. The van der Waals surface area contributed by atoms with Crippen LogP contribution in [0.15, 0.2) is 35.4 Å². The van der Waals surface area contributed by atoms with Crippen molar-refractivity contribution in [3.05, 3.63) is 58.4 Å². The van der Waals surface area contributed by atoms with Crippen molar-refractivity contribution in [3.63, 3.8) is 0 Å². The number of pyridine rings is 1. The summed E-state index contributed by atoms with van der Waals surface area (Å²) < 4.78 is 54.3. The summed E-state index contributed by atoms with van der Waals surface area (Å²) in [5, 5.41) is -0.335. The number of likely N-dealkylation sites (tertiary alicyclic amines) is 1. The molecule has 2 heterocycles. The predicted molar refractivity (Wildman–Crippen MR) is 123 cm³/mol. The smallest absolute Gasteiger partial charge is 0.273 e.